The number of rotatable bonds is 1. The van der Waals surface area contributed by atoms with Gasteiger partial charge in [0.15, 0.2) is 0 Å². The molecule has 0 amide bonds. The summed E-state index contributed by atoms with van der Waals surface area (Å²) in [6.07, 6.45) is 0.319. The summed E-state index contributed by atoms with van der Waals surface area (Å²) in [7, 11) is 2.18. The summed E-state index contributed by atoms with van der Waals surface area (Å²) in [5.41, 5.74) is 1.03. The fourth-order valence-corrected chi connectivity index (χ4v) is 2.90. The maximum Gasteiger partial charge on any atom is 0.132 e. The first-order valence-corrected chi connectivity index (χ1v) is 6.52. The normalized spacial score (nSPS) is 28.5. The number of hydrogen-bond donors (Lipinski definition) is 0. The summed E-state index contributed by atoms with van der Waals surface area (Å²) in [6, 6.07) is 2.55. The van der Waals surface area contributed by atoms with E-state index in [4.69, 9.17) is 4.74 Å². The predicted octanol–water partition coefficient (Wildman–Crippen LogP) is 0.613. The highest BCUT2D eigenvalue weighted by molar-refractivity contribution is 5.42. The predicted molar refractivity (Wildman–Crippen MR) is 69.9 cm³/mol. The number of morpholine rings is 1. The molecule has 0 N–H and O–H groups in total. The van der Waals surface area contributed by atoms with Crippen molar-refractivity contribution < 1.29 is 4.74 Å². The Labute approximate surface area is 108 Å². The van der Waals surface area contributed by atoms with Crippen molar-refractivity contribution in [2.45, 2.75) is 26.0 Å². The van der Waals surface area contributed by atoms with E-state index in [1.165, 1.54) is 0 Å². The van der Waals surface area contributed by atoms with Crippen LogP contribution in [-0.2, 0) is 4.74 Å². The Morgan fingerprint density at radius 1 is 1.28 bits per heavy atom. The van der Waals surface area contributed by atoms with Gasteiger partial charge in [0.25, 0.3) is 0 Å². The Bertz CT molecular complexity index is 430. The molecule has 0 aromatic carbocycles. The lowest BCUT2D eigenvalue weighted by molar-refractivity contribution is -0.0362. The third-order valence-electron chi connectivity index (χ3n) is 3.86. The largest absolute Gasteiger partial charge is 0.373 e. The molecule has 5 heteroatoms. The van der Waals surface area contributed by atoms with E-state index < -0.39 is 0 Å². The van der Waals surface area contributed by atoms with Gasteiger partial charge in [-0.2, -0.15) is 0 Å². The van der Waals surface area contributed by atoms with Crippen LogP contribution in [0.3, 0.4) is 0 Å². The van der Waals surface area contributed by atoms with E-state index in [9.17, 15) is 0 Å². The summed E-state index contributed by atoms with van der Waals surface area (Å²) >= 11 is 0. The van der Waals surface area contributed by atoms with Crippen LogP contribution in [0.25, 0.3) is 0 Å². The standard InChI is InChI=1S/C13H20N4O/c1-9-6-13(15-10(2)14-9)17-7-11-12(8-17)18-5-4-16(11)3/h6,11-12H,4-5,7-8H2,1-3H3. The molecule has 0 spiro atoms. The lowest BCUT2D eigenvalue weighted by Crippen LogP contribution is -2.48. The second-order valence-electron chi connectivity index (χ2n) is 5.28. The highest BCUT2D eigenvalue weighted by Gasteiger charge is 2.39. The Morgan fingerprint density at radius 2 is 2.11 bits per heavy atom. The summed E-state index contributed by atoms with van der Waals surface area (Å²) in [4.78, 5) is 13.6. The average Bonchev–Trinajstić information content (AvgIpc) is 2.73. The van der Waals surface area contributed by atoms with Crippen molar-refractivity contribution in [3.63, 3.8) is 0 Å². The molecule has 0 saturated carbocycles. The van der Waals surface area contributed by atoms with Crippen molar-refractivity contribution in [1.82, 2.24) is 14.9 Å². The fraction of sp³-hybridized carbons (Fsp3) is 0.692. The third kappa shape index (κ3) is 2.08. The number of aromatic nitrogens is 2. The Hall–Kier alpha value is -1.20. The molecule has 98 valence electrons. The maximum absolute atomic E-state index is 5.86. The Kier molecular flexibility index (Phi) is 2.95. The zero-order valence-corrected chi connectivity index (χ0v) is 11.3. The van der Waals surface area contributed by atoms with E-state index in [-0.39, 0.29) is 0 Å². The molecule has 2 aliphatic rings. The van der Waals surface area contributed by atoms with Gasteiger partial charge in [-0.3, -0.25) is 4.90 Å². The number of aryl methyl sites for hydroxylation is 2. The smallest absolute Gasteiger partial charge is 0.132 e. The van der Waals surface area contributed by atoms with Crippen molar-refractivity contribution in [3.8, 4) is 0 Å². The molecule has 1 aromatic rings. The zero-order valence-electron chi connectivity index (χ0n) is 11.3. The first-order valence-electron chi connectivity index (χ1n) is 6.52. The molecular formula is C13H20N4O. The summed E-state index contributed by atoms with van der Waals surface area (Å²) in [6.45, 7) is 7.76. The molecule has 3 heterocycles. The molecule has 2 unspecified atom stereocenters. The highest BCUT2D eigenvalue weighted by atomic mass is 16.5. The van der Waals surface area contributed by atoms with Crippen molar-refractivity contribution in [3.05, 3.63) is 17.6 Å². The molecule has 18 heavy (non-hydrogen) atoms. The van der Waals surface area contributed by atoms with Crippen LogP contribution in [0.5, 0.6) is 0 Å². The van der Waals surface area contributed by atoms with Crippen molar-refractivity contribution in [2.24, 2.45) is 0 Å². The minimum absolute atomic E-state index is 0.319. The van der Waals surface area contributed by atoms with Gasteiger partial charge >= 0.3 is 0 Å². The van der Waals surface area contributed by atoms with Gasteiger partial charge in [-0.25, -0.2) is 9.97 Å². The number of hydrogen-bond acceptors (Lipinski definition) is 5. The van der Waals surface area contributed by atoms with E-state index in [1.807, 2.05) is 13.8 Å². The molecule has 0 bridgehead atoms. The molecule has 2 saturated heterocycles. The van der Waals surface area contributed by atoms with Crippen LogP contribution in [-0.4, -0.2) is 60.3 Å². The summed E-state index contributed by atoms with van der Waals surface area (Å²) < 4.78 is 5.86. The van der Waals surface area contributed by atoms with Crippen LogP contribution in [0.1, 0.15) is 11.5 Å². The van der Waals surface area contributed by atoms with E-state index in [0.717, 1.165) is 43.6 Å². The fourth-order valence-electron chi connectivity index (χ4n) is 2.90. The van der Waals surface area contributed by atoms with Crippen LogP contribution in [0.15, 0.2) is 6.07 Å². The SMILES string of the molecule is Cc1cc(N2CC3OCCN(C)C3C2)nc(C)n1. The number of anilines is 1. The molecule has 0 radical (unpaired) electrons. The lowest BCUT2D eigenvalue weighted by Gasteiger charge is -2.33. The molecular weight excluding hydrogens is 228 g/mol. The van der Waals surface area contributed by atoms with E-state index >= 15 is 0 Å². The van der Waals surface area contributed by atoms with Crippen LogP contribution in [0, 0.1) is 13.8 Å². The Morgan fingerprint density at radius 3 is 2.83 bits per heavy atom. The van der Waals surface area contributed by atoms with E-state index in [1.54, 1.807) is 0 Å². The second-order valence-corrected chi connectivity index (χ2v) is 5.28. The van der Waals surface area contributed by atoms with Gasteiger partial charge in [0.1, 0.15) is 11.6 Å². The van der Waals surface area contributed by atoms with Crippen LogP contribution < -0.4 is 4.90 Å². The lowest BCUT2D eigenvalue weighted by atomic mass is 10.1. The van der Waals surface area contributed by atoms with Gasteiger partial charge in [-0.05, 0) is 20.9 Å². The van der Waals surface area contributed by atoms with Crippen LogP contribution in [0.4, 0.5) is 5.82 Å². The van der Waals surface area contributed by atoms with Crippen LogP contribution in [0.2, 0.25) is 0 Å². The second kappa shape index (κ2) is 4.48. The van der Waals surface area contributed by atoms with Crippen LogP contribution >= 0.6 is 0 Å². The molecule has 0 aliphatic carbocycles. The van der Waals surface area contributed by atoms with Gasteiger partial charge in [0.2, 0.25) is 0 Å². The number of ether oxygens (including phenoxy) is 1. The van der Waals surface area contributed by atoms with Crippen molar-refractivity contribution in [2.75, 3.05) is 38.2 Å². The maximum atomic E-state index is 5.86. The average molecular weight is 248 g/mol. The zero-order chi connectivity index (χ0) is 12.7. The molecule has 2 aliphatic heterocycles. The van der Waals surface area contributed by atoms with E-state index in [2.05, 4.69) is 32.9 Å². The minimum atomic E-state index is 0.319. The summed E-state index contributed by atoms with van der Waals surface area (Å²) in [5.74, 6) is 1.88. The molecule has 2 fully saturated rings. The van der Waals surface area contributed by atoms with Gasteiger partial charge in [0.05, 0.1) is 18.8 Å². The molecule has 3 rings (SSSR count). The van der Waals surface area contributed by atoms with Gasteiger partial charge in [0, 0.05) is 31.4 Å². The summed E-state index contributed by atoms with van der Waals surface area (Å²) in [5, 5.41) is 0. The number of nitrogens with zero attached hydrogens (tertiary/aromatic N) is 4. The van der Waals surface area contributed by atoms with Crippen molar-refractivity contribution in [1.29, 1.82) is 0 Å². The van der Waals surface area contributed by atoms with Crippen molar-refractivity contribution >= 4 is 5.82 Å². The van der Waals surface area contributed by atoms with Gasteiger partial charge < -0.3 is 9.64 Å². The van der Waals surface area contributed by atoms with Gasteiger partial charge in [-0.15, -0.1) is 0 Å². The van der Waals surface area contributed by atoms with Gasteiger partial charge in [-0.1, -0.05) is 0 Å². The first kappa shape index (κ1) is 11.9. The molecule has 5 nitrogen and oxygen atoms in total. The minimum Gasteiger partial charge on any atom is -0.373 e. The third-order valence-corrected chi connectivity index (χ3v) is 3.86. The number of fused-ring (bicyclic) bond motifs is 1. The topological polar surface area (TPSA) is 41.5 Å². The monoisotopic (exact) mass is 248 g/mol. The quantitative estimate of drug-likeness (QED) is 0.728. The Balaban J connectivity index is 1.82. The molecule has 1 aromatic heterocycles. The first-order chi connectivity index (χ1) is 8.63. The highest BCUT2D eigenvalue weighted by Crippen LogP contribution is 2.25. The number of likely N-dealkylation sites (N-methyl/N-ethyl adjacent to an activating group) is 1. The van der Waals surface area contributed by atoms with E-state index in [0.29, 0.717) is 12.1 Å². The molecule has 2 atom stereocenters.